The van der Waals surface area contributed by atoms with Gasteiger partial charge in [-0.3, -0.25) is 14.6 Å². The molecule has 2 rings (SSSR count). The third-order valence-corrected chi connectivity index (χ3v) is 4.74. The Morgan fingerprint density at radius 1 is 1.25 bits per heavy atom. The standard InChI is InChI=1S/C20H30N4O4/c1-5-21-20(24-12-14(2)17(13-24)19(26)28-4)23-10-9-22-18(25)15-7-6-8-16(11-15)27-3/h6-8,11,14,17H,5,9-10,12-13H2,1-4H3,(H,21,23)(H,22,25). The summed E-state index contributed by atoms with van der Waals surface area (Å²) in [4.78, 5) is 30.8. The summed E-state index contributed by atoms with van der Waals surface area (Å²) in [6.07, 6.45) is 0. The Kier molecular flexibility index (Phi) is 8.10. The molecule has 1 aliphatic rings. The molecule has 2 unspecified atom stereocenters. The molecule has 0 aliphatic carbocycles. The summed E-state index contributed by atoms with van der Waals surface area (Å²) in [6, 6.07) is 7.01. The zero-order valence-corrected chi connectivity index (χ0v) is 17.0. The fourth-order valence-corrected chi connectivity index (χ4v) is 3.22. The third kappa shape index (κ3) is 5.61. The number of benzene rings is 1. The summed E-state index contributed by atoms with van der Waals surface area (Å²) in [7, 11) is 2.99. The van der Waals surface area contributed by atoms with Gasteiger partial charge in [0, 0.05) is 31.7 Å². The Bertz CT molecular complexity index is 707. The molecule has 0 aromatic heterocycles. The first-order valence-corrected chi connectivity index (χ1v) is 9.53. The van der Waals surface area contributed by atoms with Crippen molar-refractivity contribution in [2.45, 2.75) is 13.8 Å². The molecule has 0 bridgehead atoms. The average molecular weight is 390 g/mol. The van der Waals surface area contributed by atoms with Gasteiger partial charge >= 0.3 is 5.97 Å². The van der Waals surface area contributed by atoms with E-state index in [0.717, 1.165) is 19.0 Å². The van der Waals surface area contributed by atoms with Gasteiger partial charge in [-0.2, -0.15) is 0 Å². The number of aliphatic imine (C=N–C) groups is 1. The molecule has 2 N–H and O–H groups in total. The van der Waals surface area contributed by atoms with Crippen LogP contribution in [0.5, 0.6) is 5.75 Å². The maximum Gasteiger partial charge on any atom is 0.310 e. The zero-order chi connectivity index (χ0) is 20.5. The number of ether oxygens (including phenoxy) is 2. The number of guanidine groups is 1. The third-order valence-electron chi connectivity index (χ3n) is 4.74. The van der Waals surface area contributed by atoms with Crippen molar-refractivity contribution in [3.8, 4) is 5.75 Å². The summed E-state index contributed by atoms with van der Waals surface area (Å²) < 4.78 is 10.0. The zero-order valence-electron chi connectivity index (χ0n) is 17.0. The second kappa shape index (κ2) is 10.5. The molecule has 1 fully saturated rings. The van der Waals surface area contributed by atoms with E-state index < -0.39 is 0 Å². The Hall–Kier alpha value is -2.77. The molecule has 1 heterocycles. The molecule has 1 aromatic carbocycles. The second-order valence-corrected chi connectivity index (χ2v) is 6.74. The van der Waals surface area contributed by atoms with Crippen molar-refractivity contribution < 1.29 is 19.1 Å². The van der Waals surface area contributed by atoms with E-state index in [9.17, 15) is 9.59 Å². The summed E-state index contributed by atoms with van der Waals surface area (Å²) in [6.45, 7) is 6.93. The fraction of sp³-hybridized carbons (Fsp3) is 0.550. The second-order valence-electron chi connectivity index (χ2n) is 6.74. The Morgan fingerprint density at radius 3 is 2.71 bits per heavy atom. The monoisotopic (exact) mass is 390 g/mol. The van der Waals surface area contributed by atoms with Crippen LogP contribution in [-0.4, -0.2) is 69.7 Å². The van der Waals surface area contributed by atoms with Crippen molar-refractivity contribution in [3.05, 3.63) is 29.8 Å². The number of hydrogen-bond donors (Lipinski definition) is 2. The number of carbonyl (C=O) groups is 2. The summed E-state index contributed by atoms with van der Waals surface area (Å²) in [5, 5.41) is 6.11. The number of rotatable bonds is 7. The van der Waals surface area contributed by atoms with Crippen LogP contribution in [0.1, 0.15) is 24.2 Å². The van der Waals surface area contributed by atoms with Crippen molar-refractivity contribution >= 4 is 17.8 Å². The highest BCUT2D eigenvalue weighted by atomic mass is 16.5. The van der Waals surface area contributed by atoms with Gasteiger partial charge in [0.15, 0.2) is 5.96 Å². The molecule has 0 radical (unpaired) electrons. The predicted octanol–water partition coefficient (Wildman–Crippen LogP) is 1.13. The average Bonchev–Trinajstić information content (AvgIpc) is 3.11. The van der Waals surface area contributed by atoms with Crippen LogP contribution in [0.3, 0.4) is 0 Å². The molecule has 1 saturated heterocycles. The van der Waals surface area contributed by atoms with E-state index in [1.165, 1.54) is 7.11 Å². The summed E-state index contributed by atoms with van der Waals surface area (Å²) in [5.74, 6) is 1.08. The minimum Gasteiger partial charge on any atom is -0.497 e. The maximum atomic E-state index is 12.2. The van der Waals surface area contributed by atoms with E-state index in [1.54, 1.807) is 31.4 Å². The molecule has 28 heavy (non-hydrogen) atoms. The van der Waals surface area contributed by atoms with Crippen molar-refractivity contribution in [1.29, 1.82) is 0 Å². The SMILES string of the molecule is CCNC(=NCCNC(=O)c1cccc(OC)c1)N1CC(C)C(C(=O)OC)C1. The molecule has 154 valence electrons. The van der Waals surface area contributed by atoms with Gasteiger partial charge in [0.2, 0.25) is 0 Å². The van der Waals surface area contributed by atoms with Crippen molar-refractivity contribution in [3.63, 3.8) is 0 Å². The predicted molar refractivity (Wildman–Crippen MR) is 108 cm³/mol. The Balaban J connectivity index is 1.90. The lowest BCUT2D eigenvalue weighted by molar-refractivity contribution is -0.145. The summed E-state index contributed by atoms with van der Waals surface area (Å²) in [5.41, 5.74) is 0.546. The normalized spacial score (nSPS) is 19.3. The van der Waals surface area contributed by atoms with Crippen molar-refractivity contribution in [1.82, 2.24) is 15.5 Å². The molecular formula is C20H30N4O4. The topological polar surface area (TPSA) is 92.3 Å². The highest BCUT2D eigenvalue weighted by Crippen LogP contribution is 2.24. The van der Waals surface area contributed by atoms with E-state index in [-0.39, 0.29) is 23.7 Å². The molecule has 1 aromatic rings. The highest BCUT2D eigenvalue weighted by molar-refractivity contribution is 5.94. The van der Waals surface area contributed by atoms with Gasteiger partial charge in [0.25, 0.3) is 5.91 Å². The largest absolute Gasteiger partial charge is 0.497 e. The van der Waals surface area contributed by atoms with Gasteiger partial charge in [-0.15, -0.1) is 0 Å². The quantitative estimate of drug-likeness (QED) is 0.314. The fourth-order valence-electron chi connectivity index (χ4n) is 3.22. The maximum absolute atomic E-state index is 12.2. The molecule has 8 heteroatoms. The van der Waals surface area contributed by atoms with Gasteiger partial charge in [0.1, 0.15) is 5.75 Å². The van der Waals surface area contributed by atoms with Gasteiger partial charge in [-0.05, 0) is 31.0 Å². The Morgan fingerprint density at radius 2 is 2.04 bits per heavy atom. The van der Waals surface area contributed by atoms with Gasteiger partial charge in [-0.1, -0.05) is 13.0 Å². The van der Waals surface area contributed by atoms with Crippen LogP contribution in [0.2, 0.25) is 0 Å². The number of methoxy groups -OCH3 is 2. The van der Waals surface area contributed by atoms with Crippen LogP contribution in [0.25, 0.3) is 0 Å². The van der Waals surface area contributed by atoms with E-state index in [2.05, 4.69) is 20.5 Å². The van der Waals surface area contributed by atoms with E-state index in [1.807, 2.05) is 13.8 Å². The first-order valence-electron chi connectivity index (χ1n) is 9.53. The molecule has 0 saturated carbocycles. The number of likely N-dealkylation sites (tertiary alicyclic amines) is 1. The molecular weight excluding hydrogens is 360 g/mol. The van der Waals surface area contributed by atoms with E-state index >= 15 is 0 Å². The number of esters is 1. The molecule has 0 spiro atoms. The van der Waals surface area contributed by atoms with Gasteiger partial charge in [0.05, 0.1) is 26.7 Å². The van der Waals surface area contributed by atoms with Crippen LogP contribution >= 0.6 is 0 Å². The van der Waals surface area contributed by atoms with Gasteiger partial charge < -0.3 is 25.0 Å². The van der Waals surface area contributed by atoms with Gasteiger partial charge in [-0.25, -0.2) is 0 Å². The number of carbonyl (C=O) groups excluding carboxylic acids is 2. The molecule has 2 atom stereocenters. The van der Waals surface area contributed by atoms with Crippen LogP contribution < -0.4 is 15.4 Å². The number of hydrogen-bond acceptors (Lipinski definition) is 5. The number of nitrogens with one attached hydrogen (secondary N) is 2. The highest BCUT2D eigenvalue weighted by Gasteiger charge is 2.36. The first-order chi connectivity index (χ1) is 13.5. The van der Waals surface area contributed by atoms with Crippen LogP contribution in [-0.2, 0) is 9.53 Å². The van der Waals surface area contributed by atoms with Crippen molar-refractivity contribution in [2.75, 3.05) is 46.9 Å². The lowest BCUT2D eigenvalue weighted by Crippen LogP contribution is -2.41. The smallest absolute Gasteiger partial charge is 0.310 e. The van der Waals surface area contributed by atoms with E-state index in [0.29, 0.717) is 30.9 Å². The van der Waals surface area contributed by atoms with Crippen LogP contribution in [0.15, 0.2) is 29.3 Å². The molecule has 1 amide bonds. The lowest BCUT2D eigenvalue weighted by Gasteiger charge is -2.21. The Labute approximate surface area is 166 Å². The molecule has 1 aliphatic heterocycles. The minimum atomic E-state index is -0.184. The van der Waals surface area contributed by atoms with Crippen LogP contribution in [0, 0.1) is 11.8 Å². The number of amides is 1. The minimum absolute atomic E-state index is 0.151. The lowest BCUT2D eigenvalue weighted by atomic mass is 9.99. The van der Waals surface area contributed by atoms with Crippen molar-refractivity contribution in [2.24, 2.45) is 16.8 Å². The van der Waals surface area contributed by atoms with Crippen LogP contribution in [0.4, 0.5) is 0 Å². The molecule has 8 nitrogen and oxygen atoms in total. The summed E-state index contributed by atoms with van der Waals surface area (Å²) >= 11 is 0. The van der Waals surface area contributed by atoms with E-state index in [4.69, 9.17) is 9.47 Å². The first kappa shape index (κ1) is 21.5. The number of nitrogens with zero attached hydrogens (tertiary/aromatic N) is 2.